The number of halogens is 3. The molecule has 0 spiro atoms. The minimum Gasteiger partial charge on any atom is -0.349 e. The Labute approximate surface area is 90.5 Å². The van der Waals surface area contributed by atoms with Crippen LogP contribution < -0.4 is 5.32 Å². The van der Waals surface area contributed by atoms with Crippen LogP contribution in [0.4, 0.5) is 13.2 Å². The first-order chi connectivity index (χ1) is 7.50. The molecule has 1 N–H and O–H groups in total. The van der Waals surface area contributed by atoms with Crippen LogP contribution in [0.15, 0.2) is 6.07 Å². The SMILES string of the molecule is CC(=O)N[C@H]1CCc2cc(F)c(F)c(F)c21. The monoisotopic (exact) mass is 229 g/mol. The highest BCUT2D eigenvalue weighted by Crippen LogP contribution is 2.35. The second-order valence-electron chi connectivity index (χ2n) is 3.85. The molecule has 0 bridgehead atoms. The lowest BCUT2D eigenvalue weighted by atomic mass is 10.1. The van der Waals surface area contributed by atoms with Gasteiger partial charge in [-0.3, -0.25) is 4.79 Å². The maximum absolute atomic E-state index is 13.5. The van der Waals surface area contributed by atoms with Gasteiger partial charge in [0, 0.05) is 12.5 Å². The van der Waals surface area contributed by atoms with Gasteiger partial charge in [0.05, 0.1) is 6.04 Å². The molecule has 1 atom stereocenters. The van der Waals surface area contributed by atoms with Gasteiger partial charge in [-0.2, -0.15) is 0 Å². The summed E-state index contributed by atoms with van der Waals surface area (Å²) in [5.74, 6) is -4.16. The molecule has 0 aliphatic heterocycles. The highest BCUT2D eigenvalue weighted by atomic mass is 19.2. The fourth-order valence-electron chi connectivity index (χ4n) is 2.08. The zero-order chi connectivity index (χ0) is 11.9. The standard InChI is InChI=1S/C11H10F3NO/c1-5(16)15-8-3-2-6-4-7(12)10(13)11(14)9(6)8/h4,8H,2-3H2,1H3,(H,15,16)/t8-/m0/s1. The summed E-state index contributed by atoms with van der Waals surface area (Å²) in [6.45, 7) is 1.30. The molecule has 5 heteroatoms. The van der Waals surface area contributed by atoms with E-state index in [0.29, 0.717) is 18.4 Å². The molecule has 16 heavy (non-hydrogen) atoms. The maximum atomic E-state index is 13.5. The number of rotatable bonds is 1. The van der Waals surface area contributed by atoms with Crippen molar-refractivity contribution in [3.63, 3.8) is 0 Å². The van der Waals surface area contributed by atoms with Crippen LogP contribution in [0, 0.1) is 17.5 Å². The van der Waals surface area contributed by atoms with E-state index in [1.54, 1.807) is 0 Å². The zero-order valence-electron chi connectivity index (χ0n) is 8.61. The minimum atomic E-state index is -1.48. The summed E-state index contributed by atoms with van der Waals surface area (Å²) in [7, 11) is 0. The van der Waals surface area contributed by atoms with E-state index in [4.69, 9.17) is 0 Å². The quantitative estimate of drug-likeness (QED) is 0.735. The molecule has 2 nitrogen and oxygen atoms in total. The van der Waals surface area contributed by atoms with Crippen molar-refractivity contribution in [3.8, 4) is 0 Å². The van der Waals surface area contributed by atoms with Gasteiger partial charge in [-0.05, 0) is 24.5 Å². The summed E-state index contributed by atoms with van der Waals surface area (Å²) < 4.78 is 39.5. The predicted molar refractivity (Wildman–Crippen MR) is 51.2 cm³/mol. The molecule has 1 amide bonds. The number of nitrogens with one attached hydrogen (secondary N) is 1. The van der Waals surface area contributed by atoms with E-state index in [0.717, 1.165) is 6.07 Å². The Bertz CT molecular complexity index is 459. The Morgan fingerprint density at radius 2 is 2.06 bits per heavy atom. The molecule has 0 unspecified atom stereocenters. The van der Waals surface area contributed by atoms with E-state index in [-0.39, 0.29) is 11.5 Å². The van der Waals surface area contributed by atoms with Crippen LogP contribution in [-0.2, 0) is 11.2 Å². The molecule has 1 aromatic rings. The van der Waals surface area contributed by atoms with E-state index in [1.807, 2.05) is 0 Å². The first-order valence-electron chi connectivity index (χ1n) is 4.94. The summed E-state index contributed by atoms with van der Waals surface area (Å²) in [5.41, 5.74) is 0.504. The van der Waals surface area contributed by atoms with Gasteiger partial charge in [0.2, 0.25) is 5.91 Å². The van der Waals surface area contributed by atoms with E-state index >= 15 is 0 Å². The van der Waals surface area contributed by atoms with Crippen molar-refractivity contribution in [2.45, 2.75) is 25.8 Å². The number of benzene rings is 1. The van der Waals surface area contributed by atoms with Gasteiger partial charge in [-0.25, -0.2) is 13.2 Å². The lowest BCUT2D eigenvalue weighted by Crippen LogP contribution is -2.25. The fraction of sp³-hybridized carbons (Fsp3) is 0.364. The molecule has 0 saturated heterocycles. The number of hydrogen-bond donors (Lipinski definition) is 1. The normalized spacial score (nSPS) is 18.4. The summed E-state index contributed by atoms with van der Waals surface area (Å²) in [6, 6.07) is 0.442. The van der Waals surface area contributed by atoms with Crippen LogP contribution in [0.5, 0.6) is 0 Å². The highest BCUT2D eigenvalue weighted by molar-refractivity contribution is 5.73. The molecule has 1 aromatic carbocycles. The largest absolute Gasteiger partial charge is 0.349 e. The number of carbonyl (C=O) groups excluding carboxylic acids is 1. The predicted octanol–water partition coefficient (Wildman–Crippen LogP) is 2.23. The molecule has 0 radical (unpaired) electrons. The van der Waals surface area contributed by atoms with Crippen LogP contribution >= 0.6 is 0 Å². The van der Waals surface area contributed by atoms with E-state index in [1.165, 1.54) is 6.92 Å². The third-order valence-electron chi connectivity index (χ3n) is 2.71. The summed E-state index contributed by atoms with van der Waals surface area (Å²) in [5, 5.41) is 2.52. The first-order valence-corrected chi connectivity index (χ1v) is 4.94. The van der Waals surface area contributed by atoms with E-state index in [2.05, 4.69) is 5.32 Å². The topological polar surface area (TPSA) is 29.1 Å². The second-order valence-corrected chi connectivity index (χ2v) is 3.85. The van der Waals surface area contributed by atoms with Gasteiger partial charge in [0.15, 0.2) is 17.5 Å². The zero-order valence-corrected chi connectivity index (χ0v) is 8.61. The lowest BCUT2D eigenvalue weighted by Gasteiger charge is -2.13. The molecule has 1 aliphatic rings. The average Bonchev–Trinajstić information content (AvgIpc) is 2.57. The van der Waals surface area contributed by atoms with Crippen LogP contribution in [-0.4, -0.2) is 5.91 Å². The van der Waals surface area contributed by atoms with Crippen LogP contribution in [0.2, 0.25) is 0 Å². The van der Waals surface area contributed by atoms with Gasteiger partial charge in [0.25, 0.3) is 0 Å². The second kappa shape index (κ2) is 3.81. The number of fused-ring (bicyclic) bond motifs is 1. The summed E-state index contributed by atoms with van der Waals surface area (Å²) >= 11 is 0. The third-order valence-corrected chi connectivity index (χ3v) is 2.71. The molecule has 0 saturated carbocycles. The molecule has 2 rings (SSSR count). The Morgan fingerprint density at radius 3 is 2.69 bits per heavy atom. The number of carbonyl (C=O) groups is 1. The third kappa shape index (κ3) is 1.66. The van der Waals surface area contributed by atoms with Gasteiger partial charge in [-0.1, -0.05) is 0 Å². The van der Waals surface area contributed by atoms with Gasteiger partial charge >= 0.3 is 0 Å². The highest BCUT2D eigenvalue weighted by Gasteiger charge is 2.30. The van der Waals surface area contributed by atoms with Gasteiger partial charge in [0.1, 0.15) is 0 Å². The summed E-state index contributed by atoms with van der Waals surface area (Å²) in [4.78, 5) is 10.9. The first kappa shape index (κ1) is 11.0. The van der Waals surface area contributed by atoms with Crippen molar-refractivity contribution < 1.29 is 18.0 Å². The van der Waals surface area contributed by atoms with Gasteiger partial charge < -0.3 is 5.32 Å². The average molecular weight is 229 g/mol. The number of hydrogen-bond acceptors (Lipinski definition) is 1. The number of amides is 1. The molecule has 0 aromatic heterocycles. The Kier molecular flexibility index (Phi) is 2.61. The summed E-state index contributed by atoms with van der Waals surface area (Å²) in [6.07, 6.45) is 0.906. The molecule has 86 valence electrons. The number of aryl methyl sites for hydroxylation is 1. The van der Waals surface area contributed by atoms with Gasteiger partial charge in [-0.15, -0.1) is 0 Å². The van der Waals surface area contributed by atoms with Crippen molar-refractivity contribution in [1.82, 2.24) is 5.32 Å². The van der Waals surface area contributed by atoms with Crippen molar-refractivity contribution in [3.05, 3.63) is 34.6 Å². The molecule has 1 aliphatic carbocycles. The van der Waals surface area contributed by atoms with Crippen molar-refractivity contribution in [2.75, 3.05) is 0 Å². The molecule has 0 heterocycles. The fourth-order valence-corrected chi connectivity index (χ4v) is 2.08. The molecular formula is C11H10F3NO. The Morgan fingerprint density at radius 1 is 1.38 bits per heavy atom. The Balaban J connectivity index is 2.46. The smallest absolute Gasteiger partial charge is 0.217 e. The van der Waals surface area contributed by atoms with Crippen molar-refractivity contribution in [1.29, 1.82) is 0 Å². The molecular weight excluding hydrogens is 219 g/mol. The minimum absolute atomic E-state index is 0.0779. The van der Waals surface area contributed by atoms with Crippen LogP contribution in [0.25, 0.3) is 0 Å². The van der Waals surface area contributed by atoms with Crippen LogP contribution in [0.3, 0.4) is 0 Å². The lowest BCUT2D eigenvalue weighted by molar-refractivity contribution is -0.119. The van der Waals surface area contributed by atoms with Crippen LogP contribution in [0.1, 0.15) is 30.5 Å². The molecule has 0 fully saturated rings. The van der Waals surface area contributed by atoms with Crippen molar-refractivity contribution >= 4 is 5.91 Å². The van der Waals surface area contributed by atoms with Crippen molar-refractivity contribution in [2.24, 2.45) is 0 Å². The maximum Gasteiger partial charge on any atom is 0.217 e. The van der Waals surface area contributed by atoms with E-state index in [9.17, 15) is 18.0 Å². The Hall–Kier alpha value is -1.52. The van der Waals surface area contributed by atoms with E-state index < -0.39 is 23.5 Å².